The van der Waals surface area contributed by atoms with Crippen molar-refractivity contribution in [2.45, 2.75) is 12.5 Å². The number of hydrogen-bond acceptors (Lipinski definition) is 6. The number of nitrogens with one attached hydrogen (secondary N) is 2. The standard InChI is InChI=1S/C18H20N4O3S/c1-2-9-19-16-11-15(18(23)20-14-8-10-26(24,25)12-14)21-17(22-16)13-6-4-3-5-7-13/h2-7,11,14H,1,8-10,12H2,(H,20,23)(H,19,21,22). The fourth-order valence-electron chi connectivity index (χ4n) is 2.72. The Kier molecular flexibility index (Phi) is 5.32. The number of carbonyl (C=O) groups is 1. The zero-order valence-corrected chi connectivity index (χ0v) is 15.0. The van der Waals surface area contributed by atoms with Crippen molar-refractivity contribution in [1.29, 1.82) is 0 Å². The molecule has 2 N–H and O–H groups in total. The Bertz CT molecular complexity index is 913. The van der Waals surface area contributed by atoms with E-state index >= 15 is 0 Å². The fraction of sp³-hybridized carbons (Fsp3) is 0.278. The summed E-state index contributed by atoms with van der Waals surface area (Å²) in [5, 5.41) is 5.82. The van der Waals surface area contributed by atoms with Crippen molar-refractivity contribution in [3.63, 3.8) is 0 Å². The van der Waals surface area contributed by atoms with Crippen molar-refractivity contribution >= 4 is 21.6 Å². The maximum absolute atomic E-state index is 12.6. The number of carbonyl (C=O) groups excluding carboxylic acids is 1. The van der Waals surface area contributed by atoms with E-state index in [2.05, 4.69) is 27.2 Å². The number of rotatable bonds is 6. The van der Waals surface area contributed by atoms with Gasteiger partial charge in [0, 0.05) is 24.2 Å². The Morgan fingerprint density at radius 1 is 1.27 bits per heavy atom. The highest BCUT2D eigenvalue weighted by Crippen LogP contribution is 2.18. The van der Waals surface area contributed by atoms with E-state index in [-0.39, 0.29) is 23.2 Å². The van der Waals surface area contributed by atoms with E-state index in [1.807, 2.05) is 30.3 Å². The molecule has 8 heteroatoms. The lowest BCUT2D eigenvalue weighted by Gasteiger charge is -2.12. The maximum Gasteiger partial charge on any atom is 0.270 e. The van der Waals surface area contributed by atoms with Gasteiger partial charge in [0.05, 0.1) is 11.5 Å². The van der Waals surface area contributed by atoms with Crippen LogP contribution in [0.4, 0.5) is 5.82 Å². The molecule has 0 saturated carbocycles. The zero-order chi connectivity index (χ0) is 18.6. The van der Waals surface area contributed by atoms with Crippen molar-refractivity contribution in [1.82, 2.24) is 15.3 Å². The predicted octanol–water partition coefficient (Wildman–Crippen LogP) is 1.66. The molecule has 0 aliphatic carbocycles. The van der Waals surface area contributed by atoms with Crippen LogP contribution in [0.1, 0.15) is 16.9 Å². The molecule has 0 bridgehead atoms. The van der Waals surface area contributed by atoms with Gasteiger partial charge in [0.25, 0.3) is 5.91 Å². The van der Waals surface area contributed by atoms with Gasteiger partial charge < -0.3 is 10.6 Å². The van der Waals surface area contributed by atoms with Crippen LogP contribution in [-0.4, -0.2) is 48.4 Å². The summed E-state index contributed by atoms with van der Waals surface area (Å²) in [4.78, 5) is 21.4. The van der Waals surface area contributed by atoms with Crippen LogP contribution in [0.15, 0.2) is 49.1 Å². The summed E-state index contributed by atoms with van der Waals surface area (Å²) in [5.41, 5.74) is 0.974. The van der Waals surface area contributed by atoms with Gasteiger partial charge >= 0.3 is 0 Å². The molecule has 1 aliphatic heterocycles. The summed E-state index contributed by atoms with van der Waals surface area (Å²) in [5.74, 6) is 0.584. The molecule has 1 saturated heterocycles. The first kappa shape index (κ1) is 18.1. The van der Waals surface area contributed by atoms with Crippen molar-refractivity contribution in [2.75, 3.05) is 23.4 Å². The summed E-state index contributed by atoms with van der Waals surface area (Å²) >= 11 is 0. The molecule has 1 amide bonds. The van der Waals surface area contributed by atoms with Crippen LogP contribution in [0.2, 0.25) is 0 Å². The van der Waals surface area contributed by atoms with Gasteiger partial charge in [0.1, 0.15) is 11.5 Å². The van der Waals surface area contributed by atoms with E-state index < -0.39 is 15.7 Å². The minimum absolute atomic E-state index is 0.0308. The third kappa shape index (κ3) is 4.45. The average molecular weight is 372 g/mol. The number of nitrogens with zero attached hydrogens (tertiary/aromatic N) is 2. The highest BCUT2D eigenvalue weighted by atomic mass is 32.2. The van der Waals surface area contributed by atoms with E-state index in [0.29, 0.717) is 24.6 Å². The maximum atomic E-state index is 12.6. The van der Waals surface area contributed by atoms with E-state index in [1.54, 1.807) is 12.1 Å². The molecule has 1 aliphatic rings. The minimum Gasteiger partial charge on any atom is -0.366 e. The molecule has 1 unspecified atom stereocenters. The molecular formula is C18H20N4O3S. The van der Waals surface area contributed by atoms with Crippen LogP contribution >= 0.6 is 0 Å². The first-order valence-corrected chi connectivity index (χ1v) is 10.1. The van der Waals surface area contributed by atoms with Crippen molar-refractivity contribution in [2.24, 2.45) is 0 Å². The summed E-state index contributed by atoms with van der Waals surface area (Å²) in [7, 11) is -3.07. The molecule has 7 nitrogen and oxygen atoms in total. The molecule has 3 rings (SSSR count). The van der Waals surface area contributed by atoms with Crippen LogP contribution in [0.5, 0.6) is 0 Å². The van der Waals surface area contributed by atoms with Crippen molar-refractivity contribution in [3.8, 4) is 11.4 Å². The SMILES string of the molecule is C=CCNc1cc(C(=O)NC2CCS(=O)(=O)C2)nc(-c2ccccc2)n1. The molecule has 1 aromatic carbocycles. The number of anilines is 1. The minimum atomic E-state index is -3.07. The topological polar surface area (TPSA) is 101 Å². The van der Waals surface area contributed by atoms with Crippen LogP contribution in [-0.2, 0) is 9.84 Å². The Morgan fingerprint density at radius 2 is 2.04 bits per heavy atom. The fourth-order valence-corrected chi connectivity index (χ4v) is 4.39. The average Bonchev–Trinajstić information content (AvgIpc) is 2.98. The first-order valence-electron chi connectivity index (χ1n) is 8.27. The molecule has 2 aromatic rings. The lowest BCUT2D eigenvalue weighted by atomic mass is 10.2. The van der Waals surface area contributed by atoms with E-state index in [0.717, 1.165) is 5.56 Å². The van der Waals surface area contributed by atoms with E-state index in [9.17, 15) is 13.2 Å². The second-order valence-electron chi connectivity index (χ2n) is 6.07. The Balaban J connectivity index is 1.87. The van der Waals surface area contributed by atoms with Crippen LogP contribution in [0, 0.1) is 0 Å². The molecule has 0 spiro atoms. The third-order valence-electron chi connectivity index (χ3n) is 3.99. The highest BCUT2D eigenvalue weighted by Gasteiger charge is 2.29. The van der Waals surface area contributed by atoms with E-state index in [4.69, 9.17) is 0 Å². The van der Waals surface area contributed by atoms with Gasteiger partial charge in [0.2, 0.25) is 0 Å². The first-order chi connectivity index (χ1) is 12.5. The van der Waals surface area contributed by atoms with E-state index in [1.165, 1.54) is 0 Å². The highest BCUT2D eigenvalue weighted by molar-refractivity contribution is 7.91. The summed E-state index contributed by atoms with van der Waals surface area (Å²) in [6.45, 7) is 4.15. The van der Waals surface area contributed by atoms with Gasteiger partial charge in [0.15, 0.2) is 15.7 Å². The molecule has 1 fully saturated rings. The molecule has 26 heavy (non-hydrogen) atoms. The largest absolute Gasteiger partial charge is 0.366 e. The van der Waals surface area contributed by atoms with Crippen molar-refractivity contribution in [3.05, 3.63) is 54.7 Å². The number of benzene rings is 1. The van der Waals surface area contributed by atoms with Gasteiger partial charge in [-0.1, -0.05) is 36.4 Å². The lowest BCUT2D eigenvalue weighted by Crippen LogP contribution is -2.36. The smallest absolute Gasteiger partial charge is 0.270 e. The molecule has 1 aromatic heterocycles. The summed E-state index contributed by atoms with van der Waals surface area (Å²) in [6.07, 6.45) is 2.11. The van der Waals surface area contributed by atoms with Crippen LogP contribution < -0.4 is 10.6 Å². The third-order valence-corrected chi connectivity index (χ3v) is 5.75. The molecule has 2 heterocycles. The number of hydrogen-bond donors (Lipinski definition) is 2. The number of amides is 1. The lowest BCUT2D eigenvalue weighted by molar-refractivity contribution is 0.0936. The van der Waals surface area contributed by atoms with Gasteiger partial charge in [-0.3, -0.25) is 4.79 Å². The Morgan fingerprint density at radius 3 is 2.69 bits per heavy atom. The van der Waals surface area contributed by atoms with Gasteiger partial charge in [-0.05, 0) is 6.42 Å². The van der Waals surface area contributed by atoms with Gasteiger partial charge in [-0.2, -0.15) is 0 Å². The second-order valence-corrected chi connectivity index (χ2v) is 8.30. The summed E-state index contributed by atoms with van der Waals surface area (Å²) < 4.78 is 23.1. The summed E-state index contributed by atoms with van der Waals surface area (Å²) in [6, 6.07) is 10.5. The van der Waals surface area contributed by atoms with Crippen LogP contribution in [0.25, 0.3) is 11.4 Å². The quantitative estimate of drug-likeness (QED) is 0.748. The predicted molar refractivity (Wildman–Crippen MR) is 101 cm³/mol. The molecule has 1 atom stereocenters. The number of aromatic nitrogens is 2. The monoisotopic (exact) mass is 372 g/mol. The van der Waals surface area contributed by atoms with Crippen molar-refractivity contribution < 1.29 is 13.2 Å². The normalized spacial score (nSPS) is 18.2. The van der Waals surface area contributed by atoms with Gasteiger partial charge in [-0.15, -0.1) is 6.58 Å². The molecular weight excluding hydrogens is 352 g/mol. The Labute approximate surface area is 152 Å². The molecule has 136 valence electrons. The van der Waals surface area contributed by atoms with Gasteiger partial charge in [-0.25, -0.2) is 18.4 Å². The molecule has 0 radical (unpaired) electrons. The number of sulfone groups is 1. The second kappa shape index (κ2) is 7.65. The Hall–Kier alpha value is -2.74. The van der Waals surface area contributed by atoms with Crippen LogP contribution in [0.3, 0.4) is 0 Å². The zero-order valence-electron chi connectivity index (χ0n) is 14.2.